The lowest BCUT2D eigenvalue weighted by Crippen LogP contribution is -1.88. The second kappa shape index (κ2) is 10.3. The van der Waals surface area contributed by atoms with Crippen molar-refractivity contribution in [2.24, 2.45) is 20.5 Å². The highest BCUT2D eigenvalue weighted by Crippen LogP contribution is 2.31. The van der Waals surface area contributed by atoms with Crippen LogP contribution < -0.4 is 11.5 Å². The van der Waals surface area contributed by atoms with Gasteiger partial charge in [0, 0.05) is 11.4 Å². The molecule has 4 N–H and O–H groups in total. The summed E-state index contributed by atoms with van der Waals surface area (Å²) in [5, 5.41) is 17.9. The molecule has 4 aromatic carbocycles. The molecule has 0 spiro atoms. The smallest absolute Gasteiger partial charge is 0.104 e. The van der Waals surface area contributed by atoms with Crippen molar-refractivity contribution in [3.63, 3.8) is 0 Å². The van der Waals surface area contributed by atoms with Crippen LogP contribution in [0.4, 0.5) is 34.1 Å². The Morgan fingerprint density at radius 3 is 1.27 bits per heavy atom. The molecule has 0 aliphatic heterocycles. The van der Waals surface area contributed by atoms with Crippen molar-refractivity contribution in [3.05, 3.63) is 106 Å². The summed E-state index contributed by atoms with van der Waals surface area (Å²) in [6.45, 7) is 0. The van der Waals surface area contributed by atoms with Crippen molar-refractivity contribution in [2.75, 3.05) is 11.5 Å². The summed E-state index contributed by atoms with van der Waals surface area (Å²) in [7, 11) is 0. The molecule has 6 nitrogen and oxygen atoms in total. The van der Waals surface area contributed by atoms with Gasteiger partial charge in [0.15, 0.2) is 0 Å². The van der Waals surface area contributed by atoms with Gasteiger partial charge >= 0.3 is 0 Å². The van der Waals surface area contributed by atoms with Crippen LogP contribution in [0, 0.1) is 0 Å². The Bertz CT molecular complexity index is 1210. The molecule has 8 heteroatoms. The van der Waals surface area contributed by atoms with Gasteiger partial charge in [0.05, 0.1) is 21.4 Å². The molecule has 4 rings (SSSR count). The summed E-state index contributed by atoms with van der Waals surface area (Å²) in [4.78, 5) is 0. The summed E-state index contributed by atoms with van der Waals surface area (Å²) in [5.41, 5.74) is 17.4. The number of rotatable bonds is 6. The monoisotopic (exact) mass is 474 g/mol. The minimum atomic E-state index is 0.520. The van der Waals surface area contributed by atoms with E-state index >= 15 is 0 Å². The lowest BCUT2D eigenvalue weighted by Gasteiger charge is -2.06. The van der Waals surface area contributed by atoms with E-state index < -0.39 is 0 Å². The minimum Gasteiger partial charge on any atom is -0.399 e. The molecule has 4 aromatic rings. The number of nitrogens with zero attached hydrogens (tertiary/aromatic N) is 4. The normalized spacial score (nSPS) is 11.5. The average Bonchev–Trinajstić information content (AvgIpc) is 2.80. The number of azo groups is 2. The van der Waals surface area contributed by atoms with Gasteiger partial charge in [-0.15, -0.1) is 10.2 Å². The Labute approximate surface area is 201 Å². The quantitative estimate of drug-likeness (QED) is 0.215. The molecule has 0 atom stereocenters. The van der Waals surface area contributed by atoms with Gasteiger partial charge in [-0.1, -0.05) is 35.3 Å². The molecule has 164 valence electrons. The Morgan fingerprint density at radius 2 is 0.909 bits per heavy atom. The lowest BCUT2D eigenvalue weighted by atomic mass is 10.0. The van der Waals surface area contributed by atoms with Gasteiger partial charge in [-0.2, -0.15) is 10.2 Å². The zero-order valence-corrected chi connectivity index (χ0v) is 19.0. The molecule has 0 unspecified atom stereocenters. The average molecular weight is 475 g/mol. The highest BCUT2D eigenvalue weighted by atomic mass is 35.5. The molecule has 0 fully saturated rings. The number of halogens is 2. The van der Waals surface area contributed by atoms with Crippen LogP contribution in [0.1, 0.15) is 11.1 Å². The van der Waals surface area contributed by atoms with Crippen LogP contribution in [0.25, 0.3) is 0 Å². The summed E-state index contributed by atoms with van der Waals surface area (Å²) in [6, 6.07) is 25.6. The second-order valence-electron chi connectivity index (χ2n) is 7.33. The van der Waals surface area contributed by atoms with Gasteiger partial charge < -0.3 is 11.5 Å². The molecule has 0 aromatic heterocycles. The van der Waals surface area contributed by atoms with Crippen molar-refractivity contribution < 1.29 is 0 Å². The van der Waals surface area contributed by atoms with Crippen LogP contribution in [-0.4, -0.2) is 0 Å². The van der Waals surface area contributed by atoms with Gasteiger partial charge in [0.1, 0.15) is 11.4 Å². The Balaban J connectivity index is 1.44. The summed E-state index contributed by atoms with van der Waals surface area (Å²) in [6.07, 6.45) is 0.657. The van der Waals surface area contributed by atoms with E-state index in [1.807, 2.05) is 36.4 Å². The van der Waals surface area contributed by atoms with E-state index in [0.29, 0.717) is 50.6 Å². The highest BCUT2D eigenvalue weighted by Gasteiger charge is 2.06. The lowest BCUT2D eigenvalue weighted by molar-refractivity contribution is 1.17. The molecule has 0 bridgehead atoms. The topological polar surface area (TPSA) is 101 Å². The fourth-order valence-corrected chi connectivity index (χ4v) is 3.51. The number of hydrogen-bond acceptors (Lipinski definition) is 6. The van der Waals surface area contributed by atoms with E-state index in [2.05, 4.69) is 20.5 Å². The summed E-state index contributed by atoms with van der Waals surface area (Å²) >= 11 is 12.8. The van der Waals surface area contributed by atoms with Crippen LogP contribution in [0.15, 0.2) is 105 Å². The number of benzene rings is 4. The fourth-order valence-electron chi connectivity index (χ4n) is 3.02. The molecule has 0 saturated carbocycles. The first-order valence-corrected chi connectivity index (χ1v) is 10.8. The predicted molar refractivity (Wildman–Crippen MR) is 136 cm³/mol. The van der Waals surface area contributed by atoms with Crippen molar-refractivity contribution in [1.82, 2.24) is 0 Å². The van der Waals surface area contributed by atoms with E-state index in [1.54, 1.807) is 48.5 Å². The minimum absolute atomic E-state index is 0.520. The molecule has 33 heavy (non-hydrogen) atoms. The van der Waals surface area contributed by atoms with Crippen molar-refractivity contribution >= 4 is 57.3 Å². The van der Waals surface area contributed by atoms with E-state index in [1.165, 1.54) is 0 Å². The second-order valence-corrected chi connectivity index (χ2v) is 8.15. The standard InChI is InChI=1S/C25H20Cl2N6/c26-22-14-16(1-11-24(22)32-30-20-7-3-18(28)4-8-20)13-17-2-12-25(23(27)15-17)33-31-21-9-5-19(29)6-10-21/h1-12,14-15H,13,28-29H2. The number of nitrogen functional groups attached to an aromatic ring is 2. The highest BCUT2D eigenvalue weighted by molar-refractivity contribution is 6.33. The Kier molecular flexibility index (Phi) is 6.98. The van der Waals surface area contributed by atoms with Crippen molar-refractivity contribution in [2.45, 2.75) is 6.42 Å². The van der Waals surface area contributed by atoms with Crippen LogP contribution in [-0.2, 0) is 6.42 Å². The first-order valence-electron chi connectivity index (χ1n) is 10.1. The maximum absolute atomic E-state index is 6.42. The van der Waals surface area contributed by atoms with Crippen molar-refractivity contribution in [1.29, 1.82) is 0 Å². The number of nitrogens with two attached hydrogens (primary N) is 2. The molecule has 0 aliphatic rings. The van der Waals surface area contributed by atoms with Gasteiger partial charge in [-0.3, -0.25) is 0 Å². The third-order valence-electron chi connectivity index (χ3n) is 4.77. The number of anilines is 2. The molecule has 0 radical (unpaired) electrons. The van der Waals surface area contributed by atoms with Crippen LogP contribution >= 0.6 is 23.2 Å². The number of hydrogen-bond donors (Lipinski definition) is 2. The van der Waals surface area contributed by atoms with Gasteiger partial charge in [-0.05, 0) is 90.3 Å². The Hall–Kier alpha value is -3.74. The van der Waals surface area contributed by atoms with Crippen LogP contribution in [0.2, 0.25) is 10.0 Å². The molecular formula is C25H20Cl2N6. The third-order valence-corrected chi connectivity index (χ3v) is 5.37. The molecule has 0 heterocycles. The van der Waals surface area contributed by atoms with Gasteiger partial charge in [-0.25, -0.2) is 0 Å². The maximum Gasteiger partial charge on any atom is 0.104 e. The molecule has 0 aliphatic carbocycles. The van der Waals surface area contributed by atoms with Crippen LogP contribution in [0.3, 0.4) is 0 Å². The first-order chi connectivity index (χ1) is 16.0. The van der Waals surface area contributed by atoms with E-state index in [-0.39, 0.29) is 0 Å². The first kappa shape index (κ1) is 22.5. The Morgan fingerprint density at radius 1 is 0.515 bits per heavy atom. The van der Waals surface area contributed by atoms with E-state index in [9.17, 15) is 0 Å². The zero-order valence-electron chi connectivity index (χ0n) is 17.5. The fraction of sp³-hybridized carbons (Fsp3) is 0.0400. The van der Waals surface area contributed by atoms with Gasteiger partial charge in [0.25, 0.3) is 0 Å². The SMILES string of the molecule is Nc1ccc(N=Nc2ccc(Cc3ccc(N=Nc4ccc(N)cc4)c(Cl)c3)cc2Cl)cc1. The summed E-state index contributed by atoms with van der Waals surface area (Å²) < 4.78 is 0. The molecule has 0 amide bonds. The predicted octanol–water partition coefficient (Wildman–Crippen LogP) is 8.58. The zero-order chi connectivity index (χ0) is 23.2. The molecular weight excluding hydrogens is 455 g/mol. The largest absolute Gasteiger partial charge is 0.399 e. The van der Waals surface area contributed by atoms with Crippen LogP contribution in [0.5, 0.6) is 0 Å². The van der Waals surface area contributed by atoms with E-state index in [0.717, 1.165) is 11.1 Å². The maximum atomic E-state index is 6.42. The van der Waals surface area contributed by atoms with E-state index in [4.69, 9.17) is 34.7 Å². The van der Waals surface area contributed by atoms with Crippen molar-refractivity contribution in [3.8, 4) is 0 Å². The summed E-state index contributed by atoms with van der Waals surface area (Å²) in [5.74, 6) is 0. The molecule has 0 saturated heterocycles. The third kappa shape index (κ3) is 6.16. The van der Waals surface area contributed by atoms with Gasteiger partial charge in [0.2, 0.25) is 0 Å².